The zero-order chi connectivity index (χ0) is 13.8. The van der Waals surface area contributed by atoms with E-state index in [1.807, 2.05) is 0 Å². The SMILES string of the molecule is CC1(C(OCC2CCCC2)C2CCCC2)CCCCC1. The average molecular weight is 278 g/mol. The van der Waals surface area contributed by atoms with Crippen LogP contribution in [0.2, 0.25) is 0 Å². The summed E-state index contributed by atoms with van der Waals surface area (Å²) in [6.45, 7) is 3.61. The maximum absolute atomic E-state index is 6.65. The summed E-state index contributed by atoms with van der Waals surface area (Å²) in [7, 11) is 0. The molecule has 116 valence electrons. The molecule has 0 aromatic rings. The molecule has 1 nitrogen and oxygen atoms in total. The maximum atomic E-state index is 6.65. The Hall–Kier alpha value is -0.0400. The zero-order valence-corrected chi connectivity index (χ0v) is 13.5. The molecule has 3 fully saturated rings. The Morgan fingerprint density at radius 2 is 1.45 bits per heavy atom. The highest BCUT2D eigenvalue weighted by atomic mass is 16.5. The molecule has 0 saturated heterocycles. The van der Waals surface area contributed by atoms with E-state index in [0.29, 0.717) is 11.5 Å². The van der Waals surface area contributed by atoms with Gasteiger partial charge in [-0.3, -0.25) is 0 Å². The summed E-state index contributed by atoms with van der Waals surface area (Å²) >= 11 is 0. The standard InChI is InChI=1S/C19H34O/c1-19(13-7-2-8-14-19)18(17-11-5-6-12-17)20-15-16-9-3-4-10-16/h16-18H,2-15H2,1H3. The van der Waals surface area contributed by atoms with Crippen LogP contribution in [0.3, 0.4) is 0 Å². The van der Waals surface area contributed by atoms with Gasteiger partial charge in [-0.25, -0.2) is 0 Å². The molecule has 1 atom stereocenters. The monoisotopic (exact) mass is 278 g/mol. The third-order valence-corrected chi connectivity index (χ3v) is 6.50. The molecular formula is C19H34O. The Kier molecular flexibility index (Phi) is 5.07. The van der Waals surface area contributed by atoms with Gasteiger partial charge in [-0.15, -0.1) is 0 Å². The number of hydrogen-bond donors (Lipinski definition) is 0. The molecule has 0 spiro atoms. The number of rotatable bonds is 5. The predicted octanol–water partition coefficient (Wildman–Crippen LogP) is 5.72. The van der Waals surface area contributed by atoms with Crippen LogP contribution in [0, 0.1) is 17.3 Å². The third-order valence-electron chi connectivity index (χ3n) is 6.50. The third kappa shape index (κ3) is 3.40. The molecule has 1 unspecified atom stereocenters. The molecule has 3 aliphatic carbocycles. The van der Waals surface area contributed by atoms with Crippen molar-refractivity contribution >= 4 is 0 Å². The van der Waals surface area contributed by atoms with Gasteiger partial charge in [0.1, 0.15) is 0 Å². The van der Waals surface area contributed by atoms with Crippen molar-refractivity contribution in [3.8, 4) is 0 Å². The van der Waals surface area contributed by atoms with Gasteiger partial charge < -0.3 is 4.74 Å². The van der Waals surface area contributed by atoms with E-state index in [9.17, 15) is 0 Å². The summed E-state index contributed by atoms with van der Waals surface area (Å²) in [6.07, 6.45) is 19.2. The normalized spacial score (nSPS) is 29.9. The van der Waals surface area contributed by atoms with Crippen LogP contribution in [0.15, 0.2) is 0 Å². The van der Waals surface area contributed by atoms with Crippen molar-refractivity contribution in [2.75, 3.05) is 6.61 Å². The maximum Gasteiger partial charge on any atom is 0.0656 e. The summed E-state index contributed by atoms with van der Waals surface area (Å²) < 4.78 is 6.65. The molecule has 0 aromatic carbocycles. The Balaban J connectivity index is 1.62. The molecule has 0 N–H and O–H groups in total. The first-order valence-electron chi connectivity index (χ1n) is 9.39. The molecule has 0 bridgehead atoms. The molecule has 20 heavy (non-hydrogen) atoms. The van der Waals surface area contributed by atoms with Crippen molar-refractivity contribution in [3.63, 3.8) is 0 Å². The predicted molar refractivity (Wildman–Crippen MR) is 84.8 cm³/mol. The molecule has 0 heterocycles. The molecule has 0 aliphatic heterocycles. The minimum absolute atomic E-state index is 0.492. The van der Waals surface area contributed by atoms with Gasteiger partial charge in [0, 0.05) is 6.61 Å². The Labute approximate surface area is 125 Å². The van der Waals surface area contributed by atoms with Crippen LogP contribution in [0.25, 0.3) is 0 Å². The van der Waals surface area contributed by atoms with E-state index in [4.69, 9.17) is 4.74 Å². The van der Waals surface area contributed by atoms with E-state index in [2.05, 4.69) is 6.92 Å². The highest BCUT2D eigenvalue weighted by Gasteiger charge is 2.41. The molecule has 3 rings (SSSR count). The van der Waals surface area contributed by atoms with Crippen LogP contribution in [0.5, 0.6) is 0 Å². The first kappa shape index (κ1) is 14.9. The fraction of sp³-hybridized carbons (Fsp3) is 1.00. The summed E-state index contributed by atoms with van der Waals surface area (Å²) in [5.41, 5.74) is 0.492. The topological polar surface area (TPSA) is 9.23 Å². The molecular weight excluding hydrogens is 244 g/mol. The average Bonchev–Trinajstić information content (AvgIpc) is 3.12. The van der Waals surface area contributed by atoms with E-state index in [0.717, 1.165) is 18.4 Å². The quantitative estimate of drug-likeness (QED) is 0.624. The molecule has 3 saturated carbocycles. The smallest absolute Gasteiger partial charge is 0.0656 e. The van der Waals surface area contributed by atoms with Gasteiger partial charge in [0.05, 0.1) is 6.10 Å². The number of hydrogen-bond acceptors (Lipinski definition) is 1. The zero-order valence-electron chi connectivity index (χ0n) is 13.5. The lowest BCUT2D eigenvalue weighted by Crippen LogP contribution is -2.41. The minimum atomic E-state index is 0.492. The highest BCUT2D eigenvalue weighted by Crippen LogP contribution is 2.46. The summed E-state index contributed by atoms with van der Waals surface area (Å²) in [6, 6.07) is 0. The lowest BCUT2D eigenvalue weighted by Gasteiger charge is -2.44. The van der Waals surface area contributed by atoms with Gasteiger partial charge in [0.15, 0.2) is 0 Å². The van der Waals surface area contributed by atoms with Crippen LogP contribution in [0.4, 0.5) is 0 Å². The molecule has 0 radical (unpaired) electrons. The molecule has 3 aliphatic rings. The largest absolute Gasteiger partial charge is 0.377 e. The minimum Gasteiger partial charge on any atom is -0.377 e. The van der Waals surface area contributed by atoms with Crippen LogP contribution in [0.1, 0.15) is 90.4 Å². The van der Waals surface area contributed by atoms with Gasteiger partial charge >= 0.3 is 0 Å². The van der Waals surface area contributed by atoms with E-state index >= 15 is 0 Å². The molecule has 0 amide bonds. The second-order valence-corrected chi connectivity index (χ2v) is 8.16. The van der Waals surface area contributed by atoms with Crippen molar-refractivity contribution in [3.05, 3.63) is 0 Å². The Bertz CT molecular complexity index is 280. The fourth-order valence-electron chi connectivity index (χ4n) is 5.23. The van der Waals surface area contributed by atoms with Gasteiger partial charge in [-0.05, 0) is 55.8 Å². The number of ether oxygens (including phenoxy) is 1. The summed E-state index contributed by atoms with van der Waals surface area (Å²) in [4.78, 5) is 0. The van der Waals surface area contributed by atoms with E-state index < -0.39 is 0 Å². The second kappa shape index (κ2) is 6.81. The summed E-state index contributed by atoms with van der Waals surface area (Å²) in [5.74, 6) is 1.76. The van der Waals surface area contributed by atoms with Crippen LogP contribution < -0.4 is 0 Å². The van der Waals surface area contributed by atoms with Gasteiger partial charge in [-0.1, -0.05) is 51.9 Å². The van der Waals surface area contributed by atoms with Crippen LogP contribution >= 0.6 is 0 Å². The van der Waals surface area contributed by atoms with E-state index in [-0.39, 0.29) is 0 Å². The molecule has 1 heteroatoms. The Morgan fingerprint density at radius 3 is 2.10 bits per heavy atom. The fourth-order valence-corrected chi connectivity index (χ4v) is 5.23. The van der Waals surface area contributed by atoms with Gasteiger partial charge in [0.25, 0.3) is 0 Å². The van der Waals surface area contributed by atoms with Crippen LogP contribution in [-0.2, 0) is 4.74 Å². The van der Waals surface area contributed by atoms with E-state index in [1.54, 1.807) is 0 Å². The van der Waals surface area contributed by atoms with Gasteiger partial charge in [-0.2, -0.15) is 0 Å². The first-order chi connectivity index (χ1) is 9.78. The first-order valence-corrected chi connectivity index (χ1v) is 9.39. The summed E-state index contributed by atoms with van der Waals surface area (Å²) in [5, 5.41) is 0. The van der Waals surface area contributed by atoms with Crippen molar-refractivity contribution in [2.24, 2.45) is 17.3 Å². The van der Waals surface area contributed by atoms with Crippen molar-refractivity contribution in [1.82, 2.24) is 0 Å². The van der Waals surface area contributed by atoms with Gasteiger partial charge in [0.2, 0.25) is 0 Å². The van der Waals surface area contributed by atoms with Crippen molar-refractivity contribution in [1.29, 1.82) is 0 Å². The lowest BCUT2D eigenvalue weighted by molar-refractivity contribution is -0.0921. The second-order valence-electron chi connectivity index (χ2n) is 8.16. The van der Waals surface area contributed by atoms with E-state index in [1.165, 1.54) is 83.5 Å². The van der Waals surface area contributed by atoms with Crippen molar-refractivity contribution < 1.29 is 4.74 Å². The van der Waals surface area contributed by atoms with Crippen LogP contribution in [-0.4, -0.2) is 12.7 Å². The lowest BCUT2D eigenvalue weighted by atomic mass is 9.68. The molecule has 0 aromatic heterocycles. The van der Waals surface area contributed by atoms with Crippen molar-refractivity contribution in [2.45, 2.75) is 96.5 Å². The highest BCUT2D eigenvalue weighted by molar-refractivity contribution is 4.92. The Morgan fingerprint density at radius 1 is 0.850 bits per heavy atom.